The van der Waals surface area contributed by atoms with Crippen LogP contribution in [0.15, 0.2) is 53.6 Å². The average Bonchev–Trinajstić information content (AvgIpc) is 3.23. The van der Waals surface area contributed by atoms with Gasteiger partial charge in [0.25, 0.3) is 5.56 Å². The zero-order valence-corrected chi connectivity index (χ0v) is 17.3. The molecule has 1 aliphatic heterocycles. The van der Waals surface area contributed by atoms with Crippen molar-refractivity contribution in [3.05, 3.63) is 70.4 Å². The molecule has 0 radical (unpaired) electrons. The summed E-state index contributed by atoms with van der Waals surface area (Å²) in [6.07, 6.45) is 4.37. The van der Waals surface area contributed by atoms with Crippen LogP contribution in [0.4, 0.5) is 0 Å². The Morgan fingerprint density at radius 3 is 2.77 bits per heavy atom. The van der Waals surface area contributed by atoms with Crippen LogP contribution in [0.5, 0.6) is 11.5 Å². The molecule has 0 aliphatic carbocycles. The summed E-state index contributed by atoms with van der Waals surface area (Å²) in [5, 5.41) is 0. The molecule has 0 saturated carbocycles. The fourth-order valence-electron chi connectivity index (χ4n) is 3.90. The first-order chi connectivity index (χ1) is 14.7. The van der Waals surface area contributed by atoms with Crippen LogP contribution in [0.3, 0.4) is 0 Å². The van der Waals surface area contributed by atoms with Crippen molar-refractivity contribution in [2.24, 2.45) is 0 Å². The number of nitrogens with zero attached hydrogens (tertiary/aromatic N) is 3. The molecule has 1 aliphatic rings. The highest BCUT2D eigenvalue weighted by molar-refractivity contribution is 5.53. The Hall–Kier alpha value is -3.19. The first-order valence-corrected chi connectivity index (χ1v) is 10.2. The van der Waals surface area contributed by atoms with Crippen LogP contribution >= 0.6 is 0 Å². The summed E-state index contributed by atoms with van der Waals surface area (Å²) in [7, 11) is 1.65. The first kappa shape index (κ1) is 20.1. The van der Waals surface area contributed by atoms with Crippen molar-refractivity contribution < 1.29 is 9.47 Å². The molecule has 1 atom stereocenters. The van der Waals surface area contributed by atoms with Gasteiger partial charge in [0, 0.05) is 43.0 Å². The van der Waals surface area contributed by atoms with E-state index >= 15 is 0 Å². The summed E-state index contributed by atoms with van der Waals surface area (Å²) < 4.78 is 11.1. The van der Waals surface area contributed by atoms with Crippen LogP contribution in [-0.2, 0) is 6.54 Å². The highest BCUT2D eigenvalue weighted by Gasteiger charge is 2.26. The molecular weight excluding hydrogens is 380 g/mol. The molecule has 1 aromatic carbocycles. The molecule has 1 saturated heterocycles. The van der Waals surface area contributed by atoms with Gasteiger partial charge >= 0.3 is 0 Å². The molecule has 1 N–H and O–H groups in total. The predicted molar refractivity (Wildman–Crippen MR) is 115 cm³/mol. The Bertz CT molecular complexity index is 1050. The average molecular weight is 406 g/mol. The summed E-state index contributed by atoms with van der Waals surface area (Å²) in [5.41, 5.74) is 2.76. The summed E-state index contributed by atoms with van der Waals surface area (Å²) in [5.74, 6) is 2.34. The molecule has 3 heterocycles. The summed E-state index contributed by atoms with van der Waals surface area (Å²) >= 11 is 0. The van der Waals surface area contributed by atoms with Crippen LogP contribution in [0, 0.1) is 0 Å². The van der Waals surface area contributed by atoms with Crippen LogP contribution in [0.2, 0.25) is 0 Å². The summed E-state index contributed by atoms with van der Waals surface area (Å²) in [6, 6.07) is 11.4. The van der Waals surface area contributed by atoms with E-state index in [2.05, 4.69) is 20.9 Å². The lowest BCUT2D eigenvalue weighted by Gasteiger charge is -2.18. The van der Waals surface area contributed by atoms with Crippen molar-refractivity contribution in [2.75, 3.05) is 26.8 Å². The van der Waals surface area contributed by atoms with Gasteiger partial charge in [0.15, 0.2) is 11.5 Å². The Morgan fingerprint density at radius 2 is 2.00 bits per heavy atom. The number of aromatic nitrogens is 3. The van der Waals surface area contributed by atoms with Gasteiger partial charge < -0.3 is 14.5 Å². The third-order valence-electron chi connectivity index (χ3n) is 5.34. The number of likely N-dealkylation sites (tertiary alicyclic amines) is 1. The number of pyridine rings is 1. The van der Waals surface area contributed by atoms with Crippen LogP contribution in [0.25, 0.3) is 11.4 Å². The lowest BCUT2D eigenvalue weighted by molar-refractivity contribution is 0.305. The van der Waals surface area contributed by atoms with Gasteiger partial charge in [-0.3, -0.25) is 14.7 Å². The predicted octanol–water partition coefficient (Wildman–Crippen LogP) is 3.23. The molecule has 0 amide bonds. The second-order valence-corrected chi connectivity index (χ2v) is 7.39. The molecule has 0 unspecified atom stereocenters. The number of benzene rings is 1. The number of hydrogen-bond donors (Lipinski definition) is 1. The third kappa shape index (κ3) is 4.52. The summed E-state index contributed by atoms with van der Waals surface area (Å²) in [6.45, 7) is 5.20. The minimum Gasteiger partial charge on any atom is -0.493 e. The molecule has 7 heteroatoms. The maximum atomic E-state index is 12.2. The van der Waals surface area contributed by atoms with Gasteiger partial charge in [0.1, 0.15) is 5.82 Å². The number of H-pyrrole nitrogens is 1. The number of methoxy groups -OCH3 is 1. The van der Waals surface area contributed by atoms with Crippen molar-refractivity contribution in [3.8, 4) is 22.9 Å². The van der Waals surface area contributed by atoms with Gasteiger partial charge in [-0.1, -0.05) is 6.07 Å². The van der Waals surface area contributed by atoms with Crippen molar-refractivity contribution in [2.45, 2.75) is 25.8 Å². The maximum Gasteiger partial charge on any atom is 0.251 e. The zero-order valence-electron chi connectivity index (χ0n) is 17.3. The van der Waals surface area contributed by atoms with E-state index in [-0.39, 0.29) is 11.5 Å². The highest BCUT2D eigenvalue weighted by atomic mass is 16.5. The molecular formula is C23H26N4O3. The van der Waals surface area contributed by atoms with E-state index in [9.17, 15) is 4.79 Å². The van der Waals surface area contributed by atoms with Gasteiger partial charge in [-0.2, -0.15) is 0 Å². The van der Waals surface area contributed by atoms with Crippen LogP contribution in [0.1, 0.15) is 30.5 Å². The molecule has 30 heavy (non-hydrogen) atoms. The minimum absolute atomic E-state index is 0.123. The first-order valence-electron chi connectivity index (χ1n) is 10.2. The van der Waals surface area contributed by atoms with Crippen molar-refractivity contribution in [1.82, 2.24) is 19.9 Å². The number of aromatic amines is 1. The van der Waals surface area contributed by atoms with E-state index in [0.29, 0.717) is 12.4 Å². The Balaban J connectivity index is 1.48. The zero-order chi connectivity index (χ0) is 20.9. The topological polar surface area (TPSA) is 80.3 Å². The van der Waals surface area contributed by atoms with E-state index in [4.69, 9.17) is 14.5 Å². The Labute approximate surface area is 175 Å². The van der Waals surface area contributed by atoms with E-state index < -0.39 is 0 Å². The van der Waals surface area contributed by atoms with Crippen LogP contribution < -0.4 is 15.0 Å². The van der Waals surface area contributed by atoms with E-state index in [0.717, 1.165) is 48.8 Å². The van der Waals surface area contributed by atoms with E-state index in [1.165, 1.54) is 5.56 Å². The fourth-order valence-corrected chi connectivity index (χ4v) is 3.90. The minimum atomic E-state index is -0.123. The number of nitrogens with one attached hydrogen (secondary N) is 1. The smallest absolute Gasteiger partial charge is 0.251 e. The van der Waals surface area contributed by atoms with Gasteiger partial charge in [0.05, 0.1) is 19.4 Å². The molecule has 4 rings (SSSR count). The number of hydrogen-bond acceptors (Lipinski definition) is 6. The SMILES string of the molecule is CCOc1cc(CN2CC[C@H](c3cc(=O)[nH]c(-c4ccncc4)n3)C2)ccc1OC. The third-order valence-corrected chi connectivity index (χ3v) is 5.34. The van der Waals surface area contributed by atoms with Gasteiger partial charge in [0.2, 0.25) is 0 Å². The Kier molecular flexibility index (Phi) is 6.09. The summed E-state index contributed by atoms with van der Waals surface area (Å²) in [4.78, 5) is 26.2. The molecule has 1 fully saturated rings. The molecule has 0 spiro atoms. The lowest BCUT2D eigenvalue weighted by Crippen LogP contribution is -2.21. The largest absolute Gasteiger partial charge is 0.493 e. The van der Waals surface area contributed by atoms with Crippen LogP contribution in [-0.4, -0.2) is 46.7 Å². The molecule has 2 aromatic heterocycles. The van der Waals surface area contributed by atoms with Gasteiger partial charge in [-0.25, -0.2) is 4.98 Å². The standard InChI is InChI=1S/C23H26N4O3/c1-3-30-21-12-16(4-5-20(21)29-2)14-27-11-8-18(15-27)19-13-22(28)26-23(25-19)17-6-9-24-10-7-17/h4-7,9-10,12-13,18H,3,8,11,14-15H2,1-2H3,(H,25,26,28)/t18-/m0/s1. The molecule has 0 bridgehead atoms. The number of rotatable bonds is 7. The van der Waals surface area contributed by atoms with Crippen molar-refractivity contribution >= 4 is 0 Å². The lowest BCUT2D eigenvalue weighted by atomic mass is 10.0. The number of ether oxygens (including phenoxy) is 2. The maximum absolute atomic E-state index is 12.2. The van der Waals surface area contributed by atoms with E-state index in [1.54, 1.807) is 25.6 Å². The van der Waals surface area contributed by atoms with Gasteiger partial charge in [-0.05, 0) is 49.7 Å². The van der Waals surface area contributed by atoms with Crippen molar-refractivity contribution in [1.29, 1.82) is 0 Å². The Morgan fingerprint density at radius 1 is 1.17 bits per heavy atom. The monoisotopic (exact) mass is 406 g/mol. The molecule has 156 valence electrons. The quantitative estimate of drug-likeness (QED) is 0.649. The molecule has 3 aromatic rings. The molecule has 7 nitrogen and oxygen atoms in total. The highest BCUT2D eigenvalue weighted by Crippen LogP contribution is 2.31. The normalized spacial score (nSPS) is 16.5. The second kappa shape index (κ2) is 9.09. The van der Waals surface area contributed by atoms with Crippen molar-refractivity contribution in [3.63, 3.8) is 0 Å². The van der Waals surface area contributed by atoms with Gasteiger partial charge in [-0.15, -0.1) is 0 Å². The fraction of sp³-hybridized carbons (Fsp3) is 0.348. The van der Waals surface area contributed by atoms with E-state index in [1.807, 2.05) is 31.2 Å². The second-order valence-electron chi connectivity index (χ2n) is 7.39.